The number of sulfone groups is 1. The lowest BCUT2D eigenvalue weighted by Gasteiger charge is -2.22. The first kappa shape index (κ1) is 18.8. The molecule has 5 nitrogen and oxygen atoms in total. The van der Waals surface area contributed by atoms with Crippen molar-refractivity contribution in [1.29, 1.82) is 0 Å². The van der Waals surface area contributed by atoms with Crippen LogP contribution < -0.4 is 4.90 Å². The van der Waals surface area contributed by atoms with Crippen LogP contribution in [0.3, 0.4) is 0 Å². The summed E-state index contributed by atoms with van der Waals surface area (Å²) in [6, 6.07) is 16.7. The molecule has 2 aromatic carbocycles. The average molecular weight is 391 g/mol. The number of hydrogen-bond acceptors (Lipinski definition) is 4. The van der Waals surface area contributed by atoms with Crippen molar-refractivity contribution in [2.45, 2.75) is 17.2 Å². The van der Waals surface area contributed by atoms with Gasteiger partial charge in [0.1, 0.15) is 5.76 Å². The lowest BCUT2D eigenvalue weighted by atomic mass is 10.1. The number of carbonyl (C=O) groups excluding carboxylic acids is 1. The number of anilines is 1. The van der Waals surface area contributed by atoms with Crippen LogP contribution in [-0.2, 0) is 16.4 Å². The smallest absolute Gasteiger partial charge is 0.341 e. The van der Waals surface area contributed by atoms with Crippen LogP contribution in [-0.4, -0.2) is 20.1 Å². The largest absolute Gasteiger partial charge is 0.467 e. The van der Waals surface area contributed by atoms with Crippen molar-refractivity contribution in [1.82, 2.24) is 0 Å². The number of nitrogens with zero attached hydrogens (tertiary/aromatic N) is 1. The zero-order valence-electron chi connectivity index (χ0n) is 14.0. The molecule has 0 aliphatic rings. The summed E-state index contributed by atoms with van der Waals surface area (Å²) in [6.45, 7) is 0.160. The fourth-order valence-corrected chi connectivity index (χ4v) is 3.21. The maximum Gasteiger partial charge on any atom is 0.341 e. The summed E-state index contributed by atoms with van der Waals surface area (Å²) in [5.41, 5.74) is 0.779. The van der Waals surface area contributed by atoms with Gasteiger partial charge in [-0.3, -0.25) is 4.79 Å². The summed E-state index contributed by atoms with van der Waals surface area (Å²) in [4.78, 5) is 13.9. The molecule has 1 amide bonds. The Bertz CT molecular complexity index is 1000. The van der Waals surface area contributed by atoms with Gasteiger partial charge in [0, 0.05) is 11.3 Å². The van der Waals surface area contributed by atoms with Gasteiger partial charge in [-0.15, -0.1) is 0 Å². The maximum atomic E-state index is 13.0. The molecule has 140 valence electrons. The van der Waals surface area contributed by atoms with Gasteiger partial charge in [-0.2, -0.15) is 8.78 Å². The van der Waals surface area contributed by atoms with Gasteiger partial charge in [0.05, 0.1) is 17.7 Å². The van der Waals surface area contributed by atoms with E-state index in [1.54, 1.807) is 36.4 Å². The first-order valence-electron chi connectivity index (χ1n) is 7.91. The van der Waals surface area contributed by atoms with Crippen LogP contribution in [0.25, 0.3) is 0 Å². The van der Waals surface area contributed by atoms with Crippen molar-refractivity contribution < 1.29 is 26.4 Å². The third kappa shape index (κ3) is 4.06. The predicted octanol–water partition coefficient (Wildman–Crippen LogP) is 4.12. The summed E-state index contributed by atoms with van der Waals surface area (Å²) in [6.07, 6.45) is 1.49. The first-order chi connectivity index (χ1) is 12.9. The second-order valence-corrected chi connectivity index (χ2v) is 7.55. The number of alkyl halides is 2. The highest BCUT2D eigenvalue weighted by molar-refractivity contribution is 7.91. The van der Waals surface area contributed by atoms with Crippen LogP contribution in [0.5, 0.6) is 0 Å². The van der Waals surface area contributed by atoms with Gasteiger partial charge >= 0.3 is 5.76 Å². The third-order valence-corrected chi connectivity index (χ3v) is 5.27. The van der Waals surface area contributed by atoms with E-state index in [0.29, 0.717) is 11.4 Å². The van der Waals surface area contributed by atoms with Gasteiger partial charge in [-0.1, -0.05) is 18.2 Å². The number of hydrogen-bond donors (Lipinski definition) is 0. The molecule has 0 fully saturated rings. The summed E-state index contributed by atoms with van der Waals surface area (Å²) in [5, 5.41) is 0. The summed E-state index contributed by atoms with van der Waals surface area (Å²) in [7, 11) is -4.71. The molecule has 0 unspecified atom stereocenters. The lowest BCUT2D eigenvalue weighted by Crippen LogP contribution is -2.30. The van der Waals surface area contributed by atoms with E-state index in [2.05, 4.69) is 0 Å². The van der Waals surface area contributed by atoms with Gasteiger partial charge in [-0.05, 0) is 48.5 Å². The van der Waals surface area contributed by atoms with Crippen molar-refractivity contribution in [3.05, 3.63) is 84.3 Å². The van der Waals surface area contributed by atoms with Gasteiger partial charge in [0.25, 0.3) is 5.91 Å². The number of furan rings is 1. The topological polar surface area (TPSA) is 67.6 Å². The Hall–Kier alpha value is -3.00. The molecule has 1 heterocycles. The molecule has 3 aromatic rings. The van der Waals surface area contributed by atoms with E-state index in [1.165, 1.54) is 23.3 Å². The number of benzene rings is 2. The van der Waals surface area contributed by atoms with Gasteiger partial charge in [0.15, 0.2) is 0 Å². The summed E-state index contributed by atoms with van der Waals surface area (Å²) >= 11 is 0. The molecule has 3 rings (SSSR count). The highest BCUT2D eigenvalue weighted by Gasteiger charge is 2.27. The predicted molar refractivity (Wildman–Crippen MR) is 95.3 cm³/mol. The molecular weight excluding hydrogens is 376 g/mol. The third-order valence-electron chi connectivity index (χ3n) is 3.87. The van der Waals surface area contributed by atoms with E-state index < -0.39 is 26.4 Å². The highest BCUT2D eigenvalue weighted by atomic mass is 32.2. The second kappa shape index (κ2) is 7.71. The number of rotatable bonds is 6. The molecule has 0 saturated heterocycles. The van der Waals surface area contributed by atoms with Crippen LogP contribution in [0.1, 0.15) is 16.1 Å². The molecule has 0 bridgehead atoms. The molecule has 0 atom stereocenters. The zero-order chi connectivity index (χ0) is 19.4. The molecule has 0 N–H and O–H groups in total. The fraction of sp³-hybridized carbons (Fsp3) is 0.105. The Morgan fingerprint density at radius 1 is 0.963 bits per heavy atom. The van der Waals surface area contributed by atoms with E-state index in [9.17, 15) is 22.0 Å². The number of amides is 1. The Morgan fingerprint density at radius 3 is 2.19 bits per heavy atom. The van der Waals surface area contributed by atoms with E-state index in [0.717, 1.165) is 12.1 Å². The number of para-hydroxylation sites is 1. The normalized spacial score (nSPS) is 11.5. The first-order valence-corrected chi connectivity index (χ1v) is 9.45. The minimum atomic E-state index is -4.71. The molecule has 0 spiro atoms. The minimum absolute atomic E-state index is 0.160. The molecule has 0 aliphatic heterocycles. The van der Waals surface area contributed by atoms with E-state index >= 15 is 0 Å². The fourth-order valence-electron chi connectivity index (χ4n) is 2.49. The molecule has 0 saturated carbocycles. The van der Waals surface area contributed by atoms with E-state index in [-0.39, 0.29) is 12.1 Å². The highest BCUT2D eigenvalue weighted by Crippen LogP contribution is 2.23. The Kier molecular flexibility index (Phi) is 5.36. The molecule has 8 heteroatoms. The lowest BCUT2D eigenvalue weighted by molar-refractivity contribution is 0.0983. The number of halogens is 2. The molecule has 0 radical (unpaired) electrons. The monoisotopic (exact) mass is 391 g/mol. The maximum absolute atomic E-state index is 13.0. The van der Waals surface area contributed by atoms with Crippen molar-refractivity contribution >= 4 is 21.4 Å². The summed E-state index contributed by atoms with van der Waals surface area (Å²) in [5.74, 6) is -3.37. The second-order valence-electron chi connectivity index (χ2n) is 5.64. The summed E-state index contributed by atoms with van der Waals surface area (Å²) < 4.78 is 53.6. The van der Waals surface area contributed by atoms with Crippen molar-refractivity contribution in [2.75, 3.05) is 4.90 Å². The van der Waals surface area contributed by atoms with Crippen molar-refractivity contribution in [3.8, 4) is 0 Å². The Labute approximate surface area is 154 Å². The standard InChI is InChI=1S/C19H15F2NO4S/c20-19(21)27(24,25)17-10-8-14(9-11-17)18(23)22(13-16-7-4-12-26-16)15-5-2-1-3-6-15/h1-12,19H,13H2. The van der Waals surface area contributed by atoms with Gasteiger partial charge in [-0.25, -0.2) is 8.42 Å². The Morgan fingerprint density at radius 2 is 1.63 bits per heavy atom. The zero-order valence-corrected chi connectivity index (χ0v) is 14.8. The van der Waals surface area contributed by atoms with Crippen LogP contribution in [0, 0.1) is 0 Å². The van der Waals surface area contributed by atoms with Gasteiger partial charge in [0.2, 0.25) is 9.84 Å². The van der Waals surface area contributed by atoms with Crippen LogP contribution in [0.4, 0.5) is 14.5 Å². The average Bonchev–Trinajstić information content (AvgIpc) is 3.19. The Balaban J connectivity index is 1.92. The van der Waals surface area contributed by atoms with E-state index in [4.69, 9.17) is 4.42 Å². The van der Waals surface area contributed by atoms with Gasteiger partial charge < -0.3 is 9.32 Å². The molecule has 0 aliphatic carbocycles. The van der Waals surface area contributed by atoms with Crippen LogP contribution in [0.2, 0.25) is 0 Å². The van der Waals surface area contributed by atoms with E-state index in [1.807, 2.05) is 6.07 Å². The minimum Gasteiger partial charge on any atom is -0.467 e. The molecule has 27 heavy (non-hydrogen) atoms. The quantitative estimate of drug-likeness (QED) is 0.634. The van der Waals surface area contributed by atoms with Crippen LogP contribution in [0.15, 0.2) is 82.3 Å². The molecular formula is C19H15F2NO4S. The van der Waals surface area contributed by atoms with Crippen molar-refractivity contribution in [2.24, 2.45) is 0 Å². The van der Waals surface area contributed by atoms with Crippen molar-refractivity contribution in [3.63, 3.8) is 0 Å². The van der Waals surface area contributed by atoms with Crippen LogP contribution >= 0.6 is 0 Å². The molecule has 1 aromatic heterocycles. The SMILES string of the molecule is O=C(c1ccc(S(=O)(=O)C(F)F)cc1)N(Cc1ccco1)c1ccccc1. The number of carbonyl (C=O) groups is 1.